The van der Waals surface area contributed by atoms with E-state index in [0.717, 1.165) is 57.0 Å². The molecule has 0 saturated carbocycles. The number of hydrogen-bond donors (Lipinski definition) is 1. The Kier molecular flexibility index (Phi) is 8.17. The van der Waals surface area contributed by atoms with E-state index in [4.69, 9.17) is 9.73 Å². The van der Waals surface area contributed by atoms with E-state index in [-0.39, 0.29) is 18.3 Å². The minimum atomic E-state index is -0.285. The zero-order valence-electron chi connectivity index (χ0n) is 19.8. The Morgan fingerprint density at radius 3 is 2.59 bits per heavy atom. The molecule has 1 amide bonds. The van der Waals surface area contributed by atoms with Crippen LogP contribution in [0.4, 0.5) is 15.1 Å². The molecule has 0 saturated heterocycles. The molecule has 0 atom stereocenters. The number of anilines is 1. The molecule has 5 rings (SSSR count). The highest BCUT2D eigenvalue weighted by Crippen LogP contribution is 2.41. The fraction of sp³-hybridized carbons (Fsp3) is 0.172. The second kappa shape index (κ2) is 11.7. The first kappa shape index (κ1) is 25.8. The van der Waals surface area contributed by atoms with E-state index in [1.54, 1.807) is 29.7 Å². The smallest absolute Gasteiger partial charge is 0.259 e. The number of aliphatic imine (C=N–C) groups is 1. The third-order valence-corrected chi connectivity index (χ3v) is 8.31. The Labute approximate surface area is 235 Å². The van der Waals surface area contributed by atoms with Crippen LogP contribution in [0.2, 0.25) is 0 Å². The lowest BCUT2D eigenvalue weighted by molar-refractivity contribution is 0.102. The van der Waals surface area contributed by atoms with Crippen LogP contribution in [0.25, 0.3) is 0 Å². The maximum atomic E-state index is 13.4. The predicted molar refractivity (Wildman–Crippen MR) is 155 cm³/mol. The van der Waals surface area contributed by atoms with Crippen LogP contribution in [-0.2, 0) is 19.4 Å². The molecule has 8 heteroatoms. The summed E-state index contributed by atoms with van der Waals surface area (Å²) in [7, 11) is 0. The molecular weight excluding hydrogens is 619 g/mol. The molecule has 0 unspecified atom stereocenters. The summed E-state index contributed by atoms with van der Waals surface area (Å²) in [6.45, 7) is 0.277. The van der Waals surface area contributed by atoms with Crippen molar-refractivity contribution in [2.24, 2.45) is 4.99 Å². The maximum absolute atomic E-state index is 13.4. The molecule has 1 heterocycles. The van der Waals surface area contributed by atoms with Crippen molar-refractivity contribution in [1.82, 2.24) is 0 Å². The summed E-state index contributed by atoms with van der Waals surface area (Å²) in [4.78, 5) is 19.4. The number of aryl methyl sites for hydroxylation is 1. The van der Waals surface area contributed by atoms with Gasteiger partial charge in [0.05, 0.1) is 10.0 Å². The SMILES string of the molecule is O=C(Nc1ccccc1)c1c(N=Cc2cc(Br)cc(Br)c2OCc2ccc(F)cc2)sc2c1CCCC2. The van der Waals surface area contributed by atoms with Gasteiger partial charge >= 0.3 is 0 Å². The number of para-hydroxylation sites is 1. The summed E-state index contributed by atoms with van der Waals surface area (Å²) < 4.78 is 21.0. The van der Waals surface area contributed by atoms with Crippen LogP contribution in [-0.4, -0.2) is 12.1 Å². The normalized spacial score (nSPS) is 12.9. The molecule has 0 bridgehead atoms. The van der Waals surface area contributed by atoms with Crippen molar-refractivity contribution in [2.45, 2.75) is 32.3 Å². The predicted octanol–water partition coefficient (Wildman–Crippen LogP) is 8.87. The minimum Gasteiger partial charge on any atom is -0.487 e. The van der Waals surface area contributed by atoms with Gasteiger partial charge in [-0.1, -0.05) is 46.3 Å². The fourth-order valence-electron chi connectivity index (χ4n) is 4.28. The third-order valence-electron chi connectivity index (χ3n) is 6.07. The largest absolute Gasteiger partial charge is 0.487 e. The van der Waals surface area contributed by atoms with Crippen molar-refractivity contribution in [3.05, 3.63) is 109 Å². The van der Waals surface area contributed by atoms with Crippen LogP contribution in [0.5, 0.6) is 5.75 Å². The number of thiophene rings is 1. The topological polar surface area (TPSA) is 50.7 Å². The van der Waals surface area contributed by atoms with E-state index in [0.29, 0.717) is 16.3 Å². The van der Waals surface area contributed by atoms with Gasteiger partial charge in [-0.15, -0.1) is 11.3 Å². The van der Waals surface area contributed by atoms with Gasteiger partial charge in [-0.2, -0.15) is 0 Å². The average molecular weight is 642 g/mol. The van der Waals surface area contributed by atoms with Gasteiger partial charge in [-0.25, -0.2) is 9.38 Å². The highest BCUT2D eigenvalue weighted by Gasteiger charge is 2.25. The first-order valence-electron chi connectivity index (χ1n) is 11.9. The number of fused-ring (bicyclic) bond motifs is 1. The third kappa shape index (κ3) is 6.20. The first-order valence-corrected chi connectivity index (χ1v) is 14.3. The number of halogens is 3. The number of rotatable bonds is 7. The molecule has 4 aromatic rings. The van der Waals surface area contributed by atoms with Crippen molar-refractivity contribution in [1.29, 1.82) is 0 Å². The number of ether oxygens (including phenoxy) is 1. The van der Waals surface area contributed by atoms with E-state index in [9.17, 15) is 9.18 Å². The molecule has 0 fully saturated rings. The highest BCUT2D eigenvalue weighted by atomic mass is 79.9. The molecule has 1 N–H and O–H groups in total. The fourth-order valence-corrected chi connectivity index (χ4v) is 6.89. The second-order valence-electron chi connectivity index (χ2n) is 8.69. The van der Waals surface area contributed by atoms with Gasteiger partial charge < -0.3 is 10.1 Å². The lowest BCUT2D eigenvalue weighted by atomic mass is 9.95. The lowest BCUT2D eigenvalue weighted by Crippen LogP contribution is -2.14. The molecular formula is C29H23Br2FN2O2S. The van der Waals surface area contributed by atoms with Crippen LogP contribution in [0.15, 0.2) is 80.7 Å². The average Bonchev–Trinajstić information content (AvgIpc) is 3.27. The van der Waals surface area contributed by atoms with Crippen molar-refractivity contribution < 1.29 is 13.9 Å². The van der Waals surface area contributed by atoms with Gasteiger partial charge in [0.1, 0.15) is 23.2 Å². The van der Waals surface area contributed by atoms with Gasteiger partial charge in [-0.05, 0) is 89.1 Å². The van der Waals surface area contributed by atoms with Crippen molar-refractivity contribution in [3.63, 3.8) is 0 Å². The molecule has 1 aliphatic carbocycles. The summed E-state index contributed by atoms with van der Waals surface area (Å²) in [5, 5.41) is 3.73. The van der Waals surface area contributed by atoms with Crippen LogP contribution in [0, 0.1) is 5.82 Å². The summed E-state index contributed by atoms with van der Waals surface area (Å²) in [6, 6.07) is 19.5. The Bertz CT molecular complexity index is 1450. The molecule has 0 spiro atoms. The Morgan fingerprint density at radius 2 is 1.81 bits per heavy atom. The Hall–Kier alpha value is -2.81. The van der Waals surface area contributed by atoms with Gasteiger partial charge in [-0.3, -0.25) is 4.79 Å². The summed E-state index contributed by atoms with van der Waals surface area (Å²) in [5.41, 5.74) is 4.13. The number of carbonyl (C=O) groups is 1. The van der Waals surface area contributed by atoms with E-state index in [1.165, 1.54) is 17.0 Å². The molecule has 4 nitrogen and oxygen atoms in total. The summed E-state index contributed by atoms with van der Waals surface area (Å²) in [5.74, 6) is 0.195. The molecule has 0 aliphatic heterocycles. The van der Waals surface area contributed by atoms with Crippen molar-refractivity contribution in [3.8, 4) is 5.75 Å². The lowest BCUT2D eigenvalue weighted by Gasteiger charge is -2.13. The van der Waals surface area contributed by atoms with E-state index in [1.807, 2.05) is 42.5 Å². The number of hydrogen-bond acceptors (Lipinski definition) is 4. The van der Waals surface area contributed by atoms with Gasteiger partial charge in [0.25, 0.3) is 5.91 Å². The number of nitrogens with zero attached hydrogens (tertiary/aromatic N) is 1. The second-order valence-corrected chi connectivity index (χ2v) is 11.5. The van der Waals surface area contributed by atoms with Crippen LogP contribution in [0.3, 0.4) is 0 Å². The van der Waals surface area contributed by atoms with E-state index in [2.05, 4.69) is 37.2 Å². The first-order chi connectivity index (χ1) is 18.0. The number of carbonyl (C=O) groups excluding carboxylic acids is 1. The highest BCUT2D eigenvalue weighted by molar-refractivity contribution is 9.11. The number of amides is 1. The summed E-state index contributed by atoms with van der Waals surface area (Å²) >= 11 is 8.73. The van der Waals surface area contributed by atoms with Gasteiger partial charge in [0.15, 0.2) is 0 Å². The van der Waals surface area contributed by atoms with Gasteiger partial charge in [0.2, 0.25) is 0 Å². The van der Waals surface area contributed by atoms with Crippen LogP contribution < -0.4 is 10.1 Å². The molecule has 37 heavy (non-hydrogen) atoms. The van der Waals surface area contributed by atoms with E-state index < -0.39 is 0 Å². The van der Waals surface area contributed by atoms with Gasteiger partial charge in [0, 0.05) is 26.8 Å². The van der Waals surface area contributed by atoms with Crippen LogP contribution in [0.1, 0.15) is 44.8 Å². The minimum absolute atomic E-state index is 0.138. The summed E-state index contributed by atoms with van der Waals surface area (Å²) in [6.07, 6.45) is 5.78. The Balaban J connectivity index is 1.46. The monoisotopic (exact) mass is 640 g/mol. The zero-order chi connectivity index (χ0) is 25.8. The molecule has 3 aromatic carbocycles. The van der Waals surface area contributed by atoms with Crippen molar-refractivity contribution >= 4 is 66.0 Å². The maximum Gasteiger partial charge on any atom is 0.259 e. The molecule has 1 aromatic heterocycles. The molecule has 0 radical (unpaired) electrons. The molecule has 188 valence electrons. The number of benzene rings is 3. The number of nitrogens with one attached hydrogen (secondary N) is 1. The quantitative estimate of drug-likeness (QED) is 0.205. The van der Waals surface area contributed by atoms with Crippen LogP contribution >= 0.6 is 43.2 Å². The molecule has 1 aliphatic rings. The van der Waals surface area contributed by atoms with Crippen molar-refractivity contribution in [2.75, 3.05) is 5.32 Å². The standard InChI is InChI=1S/C29H23Br2FN2O2S/c30-20-14-19(27(24(31)15-20)36-17-18-10-12-21(32)13-11-18)16-33-29-26(23-8-4-5-9-25(23)37-29)28(35)34-22-6-2-1-3-7-22/h1-3,6-7,10-16H,4-5,8-9,17H2,(H,34,35). The Morgan fingerprint density at radius 1 is 1.05 bits per heavy atom. The zero-order valence-corrected chi connectivity index (χ0v) is 23.8. The van der Waals surface area contributed by atoms with E-state index >= 15 is 0 Å².